The molecular weight excluding hydrogens is 609 g/mol. The van der Waals surface area contributed by atoms with Crippen molar-refractivity contribution in [2.45, 2.75) is 57.3 Å². The summed E-state index contributed by atoms with van der Waals surface area (Å²) in [5.74, 6) is -3.67. The number of alkyl carbamates (subject to hydrolysis) is 1. The van der Waals surface area contributed by atoms with Gasteiger partial charge in [0.05, 0.1) is 29.0 Å². The second kappa shape index (κ2) is 10.4. The van der Waals surface area contributed by atoms with Crippen LogP contribution in [0.5, 0.6) is 0 Å². The van der Waals surface area contributed by atoms with E-state index in [1.54, 1.807) is 25.7 Å². The fourth-order valence-corrected chi connectivity index (χ4v) is 5.34. The number of carbonyl (C=O) groups is 2. The predicted molar refractivity (Wildman–Crippen MR) is 124 cm³/mol. The van der Waals surface area contributed by atoms with Crippen molar-refractivity contribution in [2.75, 3.05) is 31.1 Å². The van der Waals surface area contributed by atoms with Crippen molar-refractivity contribution in [2.24, 2.45) is 5.92 Å². The van der Waals surface area contributed by atoms with Gasteiger partial charge in [0, 0.05) is 37.9 Å². The molecule has 3 heterocycles. The molecule has 37 heavy (non-hydrogen) atoms. The number of fused-ring (bicyclic) bond motifs is 2. The van der Waals surface area contributed by atoms with E-state index in [0.717, 1.165) is 12.3 Å². The van der Waals surface area contributed by atoms with Crippen LogP contribution in [0.15, 0.2) is 17.1 Å². The average molecular weight is 637 g/mol. The Morgan fingerprint density at radius 1 is 1.27 bits per heavy atom. The molecule has 0 radical (unpaired) electrons. The van der Waals surface area contributed by atoms with Crippen molar-refractivity contribution in [3.05, 3.63) is 39.7 Å². The van der Waals surface area contributed by atoms with Gasteiger partial charge in [0.15, 0.2) is 11.2 Å². The molecule has 12 heteroatoms. The molecule has 2 aromatic rings. The number of hydrogen-bond donors (Lipinski definition) is 1. The van der Waals surface area contributed by atoms with Gasteiger partial charge in [0.25, 0.3) is 0 Å². The van der Waals surface area contributed by atoms with Crippen molar-refractivity contribution in [3.8, 4) is 0 Å². The number of carbonyl (C=O) groups excluding carboxylic acids is 2. The number of nitrogens with one attached hydrogen (secondary N) is 1. The van der Waals surface area contributed by atoms with Gasteiger partial charge < -0.3 is 34.2 Å². The molecule has 3 aliphatic rings. The second-order valence-electron chi connectivity index (χ2n) is 10.8. The SMILES string of the molecule is CC(C)(C)OC(=O)NCC12CN(c3c(F)cc4c(=O)c(C(=O)[O-])cn(C5CC5)c4c3F)CC1CCO2.[Cs+]. The van der Waals surface area contributed by atoms with Gasteiger partial charge in [-0.2, -0.15) is 0 Å². The Morgan fingerprint density at radius 3 is 2.59 bits per heavy atom. The Bertz CT molecular complexity index is 1320. The number of hydrogen-bond acceptors (Lipinski definition) is 7. The number of rotatable bonds is 5. The average Bonchev–Trinajstić information content (AvgIpc) is 3.44. The number of pyridine rings is 1. The number of amides is 1. The Balaban J connectivity index is 0.00000320. The molecule has 1 aliphatic carbocycles. The van der Waals surface area contributed by atoms with Crippen molar-refractivity contribution in [1.82, 2.24) is 9.88 Å². The number of carboxylic acids is 1. The van der Waals surface area contributed by atoms with E-state index in [0.29, 0.717) is 32.4 Å². The smallest absolute Gasteiger partial charge is 0.545 e. The largest absolute Gasteiger partial charge is 1.00 e. The first-order chi connectivity index (χ1) is 16.9. The molecule has 2 aliphatic heterocycles. The normalized spacial score (nSPS) is 23.1. The first-order valence-electron chi connectivity index (χ1n) is 12.0. The van der Waals surface area contributed by atoms with Crippen LogP contribution in [0.2, 0.25) is 0 Å². The van der Waals surface area contributed by atoms with E-state index >= 15 is 8.78 Å². The fraction of sp³-hybridized carbons (Fsp3) is 0.560. The van der Waals surface area contributed by atoms with E-state index in [1.807, 2.05) is 0 Å². The van der Waals surface area contributed by atoms with E-state index in [2.05, 4.69) is 5.32 Å². The number of nitrogens with zero attached hydrogens (tertiary/aromatic N) is 2. The Hall–Kier alpha value is -1.16. The summed E-state index contributed by atoms with van der Waals surface area (Å²) in [5.41, 5.74) is -3.55. The van der Waals surface area contributed by atoms with E-state index in [9.17, 15) is 19.5 Å². The van der Waals surface area contributed by atoms with Crippen LogP contribution in [0.3, 0.4) is 0 Å². The maximum Gasteiger partial charge on any atom is 1.00 e. The molecule has 5 rings (SSSR count). The molecule has 1 aromatic heterocycles. The van der Waals surface area contributed by atoms with Gasteiger partial charge in [-0.3, -0.25) is 4.79 Å². The summed E-state index contributed by atoms with van der Waals surface area (Å²) in [6.45, 7) is 6.24. The van der Waals surface area contributed by atoms with Crippen LogP contribution in [-0.4, -0.2) is 54.1 Å². The van der Waals surface area contributed by atoms with Crippen molar-refractivity contribution in [3.63, 3.8) is 0 Å². The zero-order chi connectivity index (χ0) is 26.0. The topological polar surface area (TPSA) is 113 Å². The summed E-state index contributed by atoms with van der Waals surface area (Å²) in [6, 6.07) is 0.729. The molecule has 1 amide bonds. The van der Waals surface area contributed by atoms with Crippen molar-refractivity contribution < 1.29 is 102 Å². The third-order valence-corrected chi connectivity index (χ3v) is 7.09. The van der Waals surface area contributed by atoms with Gasteiger partial charge >= 0.3 is 75.0 Å². The van der Waals surface area contributed by atoms with Crippen LogP contribution < -0.4 is 89.6 Å². The maximum atomic E-state index is 16.0. The quantitative estimate of drug-likeness (QED) is 0.453. The minimum Gasteiger partial charge on any atom is -0.545 e. The Labute approximate surface area is 271 Å². The van der Waals surface area contributed by atoms with E-state index < -0.39 is 45.9 Å². The van der Waals surface area contributed by atoms with Crippen LogP contribution in [-0.2, 0) is 9.47 Å². The first kappa shape index (κ1) is 28.8. The third kappa shape index (κ3) is 5.48. The molecule has 2 saturated heterocycles. The Morgan fingerprint density at radius 2 is 1.97 bits per heavy atom. The zero-order valence-corrected chi connectivity index (χ0v) is 27.6. The summed E-state index contributed by atoms with van der Waals surface area (Å²) < 4.78 is 44.1. The van der Waals surface area contributed by atoms with Crippen LogP contribution in [0.25, 0.3) is 10.9 Å². The predicted octanol–water partition coefficient (Wildman–Crippen LogP) is -0.898. The third-order valence-electron chi connectivity index (χ3n) is 7.09. The molecule has 2 unspecified atom stereocenters. The summed E-state index contributed by atoms with van der Waals surface area (Å²) in [7, 11) is 0. The van der Waals surface area contributed by atoms with Gasteiger partial charge in [0.2, 0.25) is 0 Å². The molecular formula is C25H28CsF2N3O6. The van der Waals surface area contributed by atoms with Gasteiger partial charge in [-0.1, -0.05) is 0 Å². The van der Waals surface area contributed by atoms with Crippen LogP contribution in [0.4, 0.5) is 19.3 Å². The summed E-state index contributed by atoms with van der Waals surface area (Å²) in [6.07, 6.45) is 2.53. The molecule has 2 atom stereocenters. The van der Waals surface area contributed by atoms with Gasteiger partial charge in [-0.15, -0.1) is 0 Å². The summed E-state index contributed by atoms with van der Waals surface area (Å²) >= 11 is 0. The van der Waals surface area contributed by atoms with E-state index in [1.165, 1.54) is 4.57 Å². The minimum atomic E-state index is -1.69. The van der Waals surface area contributed by atoms with Gasteiger partial charge in [0.1, 0.15) is 22.7 Å². The molecule has 0 spiro atoms. The molecule has 3 fully saturated rings. The van der Waals surface area contributed by atoms with E-state index in [-0.39, 0.29) is 111 Å². The van der Waals surface area contributed by atoms with E-state index in [4.69, 9.17) is 9.47 Å². The van der Waals surface area contributed by atoms with Crippen LogP contribution in [0, 0.1) is 17.6 Å². The molecule has 1 N–H and O–H groups in total. The van der Waals surface area contributed by atoms with Crippen molar-refractivity contribution in [1.29, 1.82) is 0 Å². The van der Waals surface area contributed by atoms with Gasteiger partial charge in [-0.25, -0.2) is 13.6 Å². The monoisotopic (exact) mass is 637 g/mol. The minimum absolute atomic E-state index is 0. The Kier molecular flexibility index (Phi) is 8.13. The summed E-state index contributed by atoms with van der Waals surface area (Å²) in [4.78, 5) is 37.9. The first-order valence-corrected chi connectivity index (χ1v) is 12.0. The number of anilines is 1. The standard InChI is InChI=1S/C25H29F2N3O6.Cs/c1-24(2,3)36-23(34)28-11-25-12-29(9-13(25)6-7-35-25)20-17(26)8-15-19(18(20)27)30(14-4-5-14)10-16(21(15)31)22(32)33;/h8,10,13-14H,4-7,9,11-12H2,1-3H3,(H,28,34)(H,32,33);/q;+1/p-1. The van der Waals surface area contributed by atoms with Crippen LogP contribution >= 0.6 is 0 Å². The molecule has 0 bridgehead atoms. The van der Waals surface area contributed by atoms with Crippen LogP contribution in [0.1, 0.15) is 56.4 Å². The number of aromatic carboxylic acids is 1. The number of carboxylic acid groups (broad SMARTS) is 1. The number of benzene rings is 1. The fourth-order valence-electron chi connectivity index (χ4n) is 5.34. The second-order valence-corrected chi connectivity index (χ2v) is 10.8. The van der Waals surface area contributed by atoms with Gasteiger partial charge in [-0.05, 0) is 46.1 Å². The number of halogens is 2. The molecule has 1 aromatic carbocycles. The van der Waals surface area contributed by atoms with Crippen molar-refractivity contribution >= 4 is 28.7 Å². The molecule has 194 valence electrons. The number of aromatic nitrogens is 1. The molecule has 1 saturated carbocycles. The maximum absolute atomic E-state index is 16.0. The summed E-state index contributed by atoms with van der Waals surface area (Å²) in [5, 5.41) is 13.9. The molecule has 9 nitrogen and oxygen atoms in total. The zero-order valence-electron chi connectivity index (χ0n) is 21.4. The number of ether oxygens (including phenoxy) is 2.